The Morgan fingerprint density at radius 3 is 2.57 bits per heavy atom. The van der Waals surface area contributed by atoms with Crippen molar-refractivity contribution in [3.8, 4) is 5.69 Å². The zero-order valence-electron chi connectivity index (χ0n) is 21.0. The maximum absolute atomic E-state index is 14.2. The Kier molecular flexibility index (Phi) is 5.92. The van der Waals surface area contributed by atoms with E-state index in [1.807, 2.05) is 60.4 Å². The molecule has 0 bridgehead atoms. The highest BCUT2D eigenvalue weighted by Crippen LogP contribution is 2.33. The number of carbonyl (C=O) groups excluding carboxylic acids is 2. The number of piperazine rings is 1. The van der Waals surface area contributed by atoms with Gasteiger partial charge in [-0.25, -0.2) is 4.68 Å². The van der Waals surface area contributed by atoms with Crippen LogP contribution in [0.15, 0.2) is 60.9 Å². The number of rotatable bonds is 3. The third kappa shape index (κ3) is 4.05. The fourth-order valence-corrected chi connectivity index (χ4v) is 5.43. The molecular formula is C28H29N7O2. The molecule has 2 aromatic heterocycles. The van der Waals surface area contributed by atoms with Crippen LogP contribution in [0, 0.1) is 6.92 Å². The minimum atomic E-state index is -0.570. The number of para-hydroxylation sites is 1. The minimum absolute atomic E-state index is 0.00236. The number of nitrogens with zero attached hydrogens (tertiary/aromatic N) is 7. The Morgan fingerprint density at radius 1 is 0.946 bits per heavy atom. The fourth-order valence-electron chi connectivity index (χ4n) is 5.43. The van der Waals surface area contributed by atoms with E-state index in [1.54, 1.807) is 22.0 Å². The van der Waals surface area contributed by atoms with E-state index in [0.29, 0.717) is 25.2 Å². The molecule has 6 rings (SSSR count). The van der Waals surface area contributed by atoms with Gasteiger partial charge in [-0.15, -0.1) is 5.10 Å². The Balaban J connectivity index is 1.39. The van der Waals surface area contributed by atoms with Gasteiger partial charge in [0.05, 0.1) is 11.4 Å². The van der Waals surface area contributed by atoms with Crippen molar-refractivity contribution in [1.82, 2.24) is 29.8 Å². The lowest BCUT2D eigenvalue weighted by molar-refractivity contribution is -0.134. The predicted molar refractivity (Wildman–Crippen MR) is 141 cm³/mol. The summed E-state index contributed by atoms with van der Waals surface area (Å²) in [5.74, 6) is -0.298. The van der Waals surface area contributed by atoms with Gasteiger partial charge in [-0.1, -0.05) is 35.5 Å². The highest BCUT2D eigenvalue weighted by atomic mass is 16.2. The molecule has 9 nitrogen and oxygen atoms in total. The van der Waals surface area contributed by atoms with Crippen LogP contribution in [0.25, 0.3) is 16.5 Å². The van der Waals surface area contributed by atoms with Gasteiger partial charge in [0, 0.05) is 55.0 Å². The van der Waals surface area contributed by atoms with Gasteiger partial charge < -0.3 is 9.80 Å². The normalized spacial score (nSPS) is 18.2. The molecule has 1 unspecified atom stereocenters. The molecule has 0 spiro atoms. The van der Waals surface area contributed by atoms with Gasteiger partial charge in [0.2, 0.25) is 5.91 Å². The molecule has 2 aliphatic rings. The molecule has 2 aliphatic heterocycles. The molecule has 0 aliphatic carbocycles. The minimum Gasteiger partial charge on any atom is -0.338 e. The lowest BCUT2D eigenvalue weighted by atomic mass is 9.94. The second kappa shape index (κ2) is 9.40. The number of anilines is 1. The molecule has 0 N–H and O–H groups in total. The maximum Gasteiger partial charge on any atom is 0.281 e. The molecular weight excluding hydrogens is 466 g/mol. The van der Waals surface area contributed by atoms with E-state index in [9.17, 15) is 9.59 Å². The fraction of sp³-hybridized carbons (Fsp3) is 0.321. The van der Waals surface area contributed by atoms with Crippen molar-refractivity contribution in [1.29, 1.82) is 0 Å². The molecule has 37 heavy (non-hydrogen) atoms. The predicted octanol–water partition coefficient (Wildman–Crippen LogP) is 2.86. The average molecular weight is 496 g/mol. The topological polar surface area (TPSA) is 87.5 Å². The molecule has 1 saturated heterocycles. The maximum atomic E-state index is 14.2. The molecule has 9 heteroatoms. The molecule has 4 aromatic rings. The van der Waals surface area contributed by atoms with Crippen LogP contribution in [0.1, 0.15) is 28.2 Å². The van der Waals surface area contributed by atoms with Gasteiger partial charge in [0.25, 0.3) is 5.91 Å². The third-order valence-corrected chi connectivity index (χ3v) is 7.55. The highest BCUT2D eigenvalue weighted by molar-refractivity contribution is 6.10. The van der Waals surface area contributed by atoms with Crippen molar-refractivity contribution in [2.24, 2.45) is 0 Å². The van der Waals surface area contributed by atoms with Crippen molar-refractivity contribution < 1.29 is 9.59 Å². The number of hydrogen-bond donors (Lipinski definition) is 0. The number of amides is 2. The average Bonchev–Trinajstić information content (AvgIpc) is 3.32. The monoisotopic (exact) mass is 495 g/mol. The second-order valence-corrected chi connectivity index (χ2v) is 9.80. The number of likely N-dealkylation sites (N-methyl/N-ethyl adjacent to an activating group) is 1. The standard InChI is InChI=1S/C28H29N7O2/c1-19-26(30-31-35(19)24-9-5-7-21-18-29-13-12-22(21)24)28(37)34-23-8-4-3-6-20(23)10-11-25(34)27(36)33-16-14-32(2)15-17-33/h3-9,12-13,18,25H,10-11,14-17H2,1-2H3. The zero-order valence-corrected chi connectivity index (χ0v) is 21.0. The van der Waals surface area contributed by atoms with E-state index >= 15 is 0 Å². The highest BCUT2D eigenvalue weighted by Gasteiger charge is 2.40. The summed E-state index contributed by atoms with van der Waals surface area (Å²) in [6.45, 7) is 4.84. The van der Waals surface area contributed by atoms with E-state index in [4.69, 9.17) is 0 Å². The van der Waals surface area contributed by atoms with Crippen LogP contribution >= 0.6 is 0 Å². The number of carbonyl (C=O) groups is 2. The first-order chi connectivity index (χ1) is 18.0. The van der Waals surface area contributed by atoms with Crippen molar-refractivity contribution in [3.05, 3.63) is 77.9 Å². The Labute approximate surface area is 215 Å². The van der Waals surface area contributed by atoms with Crippen molar-refractivity contribution in [2.45, 2.75) is 25.8 Å². The molecule has 0 saturated carbocycles. The van der Waals surface area contributed by atoms with Gasteiger partial charge >= 0.3 is 0 Å². The summed E-state index contributed by atoms with van der Waals surface area (Å²) in [5, 5.41) is 10.7. The number of pyridine rings is 1. The summed E-state index contributed by atoms with van der Waals surface area (Å²) in [5.41, 5.74) is 3.54. The molecule has 2 aromatic carbocycles. The zero-order chi connectivity index (χ0) is 25.5. The summed E-state index contributed by atoms with van der Waals surface area (Å²) >= 11 is 0. The summed E-state index contributed by atoms with van der Waals surface area (Å²) in [6, 6.07) is 15.1. The van der Waals surface area contributed by atoms with E-state index < -0.39 is 6.04 Å². The van der Waals surface area contributed by atoms with Crippen molar-refractivity contribution in [3.63, 3.8) is 0 Å². The van der Waals surface area contributed by atoms with Gasteiger partial charge in [0.1, 0.15) is 6.04 Å². The Bertz CT molecular complexity index is 1480. The first-order valence-corrected chi connectivity index (χ1v) is 12.7. The summed E-state index contributed by atoms with van der Waals surface area (Å²) < 4.78 is 1.70. The molecule has 4 heterocycles. The van der Waals surface area contributed by atoms with Crippen LogP contribution in [0.5, 0.6) is 0 Å². The molecule has 2 amide bonds. The number of aryl methyl sites for hydroxylation is 1. The third-order valence-electron chi connectivity index (χ3n) is 7.55. The first-order valence-electron chi connectivity index (χ1n) is 12.7. The van der Waals surface area contributed by atoms with Gasteiger partial charge in [-0.05, 0) is 50.6 Å². The van der Waals surface area contributed by atoms with Crippen molar-refractivity contribution in [2.75, 3.05) is 38.1 Å². The number of benzene rings is 2. The summed E-state index contributed by atoms with van der Waals surface area (Å²) in [4.78, 5) is 37.9. The molecule has 1 fully saturated rings. The lowest BCUT2D eigenvalue weighted by Gasteiger charge is -2.40. The smallest absolute Gasteiger partial charge is 0.281 e. The Hall–Kier alpha value is -4.11. The van der Waals surface area contributed by atoms with Crippen LogP contribution in [0.3, 0.4) is 0 Å². The summed E-state index contributed by atoms with van der Waals surface area (Å²) in [6.07, 6.45) is 4.87. The van der Waals surface area contributed by atoms with Crippen LogP contribution in [0.2, 0.25) is 0 Å². The van der Waals surface area contributed by atoms with E-state index in [0.717, 1.165) is 47.2 Å². The first kappa shape index (κ1) is 23.3. The van der Waals surface area contributed by atoms with Gasteiger partial charge in [0.15, 0.2) is 5.69 Å². The molecule has 0 radical (unpaired) electrons. The largest absolute Gasteiger partial charge is 0.338 e. The van der Waals surface area contributed by atoms with Crippen LogP contribution < -0.4 is 4.90 Å². The van der Waals surface area contributed by atoms with Crippen LogP contribution in [0.4, 0.5) is 5.69 Å². The van der Waals surface area contributed by atoms with E-state index in [-0.39, 0.29) is 17.5 Å². The Morgan fingerprint density at radius 2 is 1.73 bits per heavy atom. The number of hydrogen-bond acceptors (Lipinski definition) is 6. The lowest BCUT2D eigenvalue weighted by Crippen LogP contribution is -2.57. The molecule has 1 atom stereocenters. The van der Waals surface area contributed by atoms with Gasteiger partial charge in [-0.2, -0.15) is 0 Å². The van der Waals surface area contributed by atoms with E-state index in [1.165, 1.54) is 0 Å². The van der Waals surface area contributed by atoms with Gasteiger partial charge in [-0.3, -0.25) is 19.5 Å². The second-order valence-electron chi connectivity index (χ2n) is 9.80. The summed E-state index contributed by atoms with van der Waals surface area (Å²) in [7, 11) is 2.06. The number of fused-ring (bicyclic) bond motifs is 2. The van der Waals surface area contributed by atoms with Crippen molar-refractivity contribution >= 4 is 28.3 Å². The number of aromatic nitrogens is 4. The SMILES string of the molecule is Cc1c(C(=O)N2c3ccccc3CCC2C(=O)N2CCN(C)CC2)nnn1-c1cccc2cnccc12. The van der Waals surface area contributed by atoms with Crippen LogP contribution in [-0.2, 0) is 11.2 Å². The quantitative estimate of drug-likeness (QED) is 0.434. The van der Waals surface area contributed by atoms with E-state index in [2.05, 4.69) is 27.2 Å². The van der Waals surface area contributed by atoms with Crippen LogP contribution in [-0.4, -0.2) is 80.9 Å². The molecule has 188 valence electrons.